The van der Waals surface area contributed by atoms with Gasteiger partial charge in [0.2, 0.25) is 5.88 Å². The van der Waals surface area contributed by atoms with Crippen molar-refractivity contribution < 1.29 is 30.3 Å². The minimum absolute atomic E-state index is 0. The molecule has 0 radical (unpaired) electrons. The van der Waals surface area contributed by atoms with E-state index < -0.39 is 19.2 Å². The highest BCUT2D eigenvalue weighted by molar-refractivity contribution is 5.38. The lowest BCUT2D eigenvalue weighted by atomic mass is 10.1. The second-order valence-corrected chi connectivity index (χ2v) is 7.43. The highest BCUT2D eigenvalue weighted by atomic mass is 19.4. The molecule has 1 aliphatic carbocycles. The quantitative estimate of drug-likeness (QED) is 0.350. The smallest absolute Gasteiger partial charge is 0.392 e. The zero-order valence-electron chi connectivity index (χ0n) is 18.0. The first-order valence-electron chi connectivity index (χ1n) is 10.3. The average molecular weight is 459 g/mol. The molecule has 0 aromatic carbocycles. The molecule has 2 aromatic heterocycles. The standard InChI is InChI=1S/C21H27F3N4O2.CH2O.2H2/c1-15(18-6-8-25-19(10-18)28-14-29-13-16-2-3-16)26-11-17-4-5-20(27-12-17)30-9-7-21(22,23)24;1-2;;/h4-6,8,10,12,15-16,26H,2-3,7,9,11,13-14H2,1H3,(H,25,28);1H2;2*1H. The lowest BCUT2D eigenvalue weighted by Gasteiger charge is -2.16. The highest BCUT2D eigenvalue weighted by Crippen LogP contribution is 2.28. The molecule has 32 heavy (non-hydrogen) atoms. The number of nitrogens with zero attached hydrogens (tertiary/aromatic N) is 2. The van der Waals surface area contributed by atoms with Gasteiger partial charge in [-0.1, -0.05) is 6.07 Å². The van der Waals surface area contributed by atoms with Gasteiger partial charge in [-0.25, -0.2) is 9.97 Å². The van der Waals surface area contributed by atoms with E-state index in [0.29, 0.717) is 13.3 Å². The van der Waals surface area contributed by atoms with Gasteiger partial charge in [0.1, 0.15) is 19.3 Å². The van der Waals surface area contributed by atoms with Crippen molar-refractivity contribution in [2.75, 3.05) is 25.3 Å². The van der Waals surface area contributed by atoms with E-state index in [4.69, 9.17) is 14.3 Å². The van der Waals surface area contributed by atoms with Crippen LogP contribution in [0.2, 0.25) is 0 Å². The van der Waals surface area contributed by atoms with E-state index in [0.717, 1.165) is 29.5 Å². The molecule has 0 saturated heterocycles. The molecule has 0 bridgehead atoms. The number of carbonyl (C=O) groups excluding carboxylic acids is 1. The Morgan fingerprint density at radius 2 is 2.03 bits per heavy atom. The van der Waals surface area contributed by atoms with Crippen LogP contribution >= 0.6 is 0 Å². The van der Waals surface area contributed by atoms with Crippen LogP contribution in [-0.4, -0.2) is 42.9 Å². The Labute approximate surface area is 188 Å². The number of pyridine rings is 2. The van der Waals surface area contributed by atoms with E-state index in [1.165, 1.54) is 12.8 Å². The Bertz CT molecular complexity index is 813. The summed E-state index contributed by atoms with van der Waals surface area (Å²) in [6.07, 6.45) is 0.655. The Hall–Kier alpha value is -2.72. The molecule has 7 nitrogen and oxygen atoms in total. The van der Waals surface area contributed by atoms with Gasteiger partial charge in [-0.15, -0.1) is 0 Å². The van der Waals surface area contributed by atoms with Crippen LogP contribution in [0.5, 0.6) is 5.88 Å². The molecule has 2 heterocycles. The first-order chi connectivity index (χ1) is 15.4. The van der Waals surface area contributed by atoms with Gasteiger partial charge in [0.05, 0.1) is 19.6 Å². The molecule has 1 unspecified atom stereocenters. The van der Waals surface area contributed by atoms with E-state index in [-0.39, 0.29) is 14.8 Å². The summed E-state index contributed by atoms with van der Waals surface area (Å²) in [7, 11) is 0. The second-order valence-electron chi connectivity index (χ2n) is 7.43. The molecule has 2 N–H and O–H groups in total. The van der Waals surface area contributed by atoms with Crippen LogP contribution in [0.4, 0.5) is 19.0 Å². The second kappa shape index (κ2) is 13.0. The minimum Gasteiger partial charge on any atom is -0.477 e. The number of hydrogen-bond acceptors (Lipinski definition) is 7. The fraction of sp³-hybridized carbons (Fsp3) is 0.500. The minimum atomic E-state index is -4.23. The summed E-state index contributed by atoms with van der Waals surface area (Å²) in [5.74, 6) is 1.68. The van der Waals surface area contributed by atoms with Crippen LogP contribution in [0, 0.1) is 5.92 Å². The van der Waals surface area contributed by atoms with Gasteiger partial charge < -0.3 is 24.9 Å². The summed E-state index contributed by atoms with van der Waals surface area (Å²) in [6, 6.07) is 7.36. The number of ether oxygens (including phenoxy) is 2. The number of nitrogens with one attached hydrogen (secondary N) is 2. The molecule has 10 heteroatoms. The lowest BCUT2D eigenvalue weighted by Crippen LogP contribution is -2.19. The first-order valence-corrected chi connectivity index (χ1v) is 10.3. The van der Waals surface area contributed by atoms with Crippen LogP contribution in [-0.2, 0) is 16.1 Å². The Balaban J connectivity index is 0.00000265. The van der Waals surface area contributed by atoms with E-state index in [1.807, 2.05) is 25.8 Å². The van der Waals surface area contributed by atoms with Crippen molar-refractivity contribution in [3.05, 3.63) is 47.8 Å². The number of carbonyl (C=O) groups is 1. The van der Waals surface area contributed by atoms with Gasteiger partial charge in [-0.05, 0) is 48.9 Å². The zero-order valence-corrected chi connectivity index (χ0v) is 18.0. The van der Waals surface area contributed by atoms with E-state index in [9.17, 15) is 13.2 Å². The Morgan fingerprint density at radius 1 is 1.25 bits per heavy atom. The van der Waals surface area contributed by atoms with Crippen LogP contribution in [0.1, 0.15) is 46.2 Å². The number of hydrogen-bond donors (Lipinski definition) is 2. The third-order valence-electron chi connectivity index (χ3n) is 4.74. The Kier molecular flexibility index (Phi) is 10.4. The fourth-order valence-electron chi connectivity index (χ4n) is 2.71. The maximum absolute atomic E-state index is 12.1. The molecule has 1 aliphatic rings. The van der Waals surface area contributed by atoms with E-state index in [1.54, 1.807) is 24.5 Å². The summed E-state index contributed by atoms with van der Waals surface area (Å²) in [6.45, 7) is 5.41. The fourth-order valence-corrected chi connectivity index (χ4v) is 2.71. The monoisotopic (exact) mass is 458 g/mol. The third kappa shape index (κ3) is 10.1. The highest BCUT2D eigenvalue weighted by Gasteiger charge is 2.26. The average Bonchev–Trinajstić information content (AvgIpc) is 3.61. The van der Waals surface area contributed by atoms with Crippen molar-refractivity contribution in [2.24, 2.45) is 5.92 Å². The number of aromatic nitrogens is 2. The summed E-state index contributed by atoms with van der Waals surface area (Å²) >= 11 is 0. The van der Waals surface area contributed by atoms with Crippen LogP contribution < -0.4 is 15.4 Å². The van der Waals surface area contributed by atoms with Crippen molar-refractivity contribution >= 4 is 12.6 Å². The van der Waals surface area contributed by atoms with Gasteiger partial charge >= 0.3 is 6.18 Å². The van der Waals surface area contributed by atoms with Crippen molar-refractivity contribution in [2.45, 2.75) is 44.9 Å². The molecular weight excluding hydrogens is 425 g/mol. The van der Waals surface area contributed by atoms with E-state index >= 15 is 0 Å². The molecule has 3 rings (SSSR count). The number of anilines is 1. The zero-order chi connectivity index (χ0) is 23.4. The third-order valence-corrected chi connectivity index (χ3v) is 4.74. The van der Waals surface area contributed by atoms with Crippen LogP contribution in [0.25, 0.3) is 0 Å². The number of alkyl halides is 3. The molecular formula is C22H33F3N4O3. The maximum atomic E-state index is 12.1. The van der Waals surface area contributed by atoms with Gasteiger partial charge in [-0.3, -0.25) is 0 Å². The number of halogens is 3. The summed E-state index contributed by atoms with van der Waals surface area (Å²) in [4.78, 5) is 16.4. The van der Waals surface area contributed by atoms with E-state index in [2.05, 4.69) is 20.6 Å². The molecule has 0 spiro atoms. The molecule has 0 amide bonds. The first kappa shape index (κ1) is 25.5. The van der Waals surface area contributed by atoms with Crippen LogP contribution in [0.3, 0.4) is 0 Å². The lowest BCUT2D eigenvalue weighted by molar-refractivity contribution is -0.139. The normalized spacial score (nSPS) is 14.2. The van der Waals surface area contributed by atoms with Crippen LogP contribution in [0.15, 0.2) is 36.7 Å². The van der Waals surface area contributed by atoms with Gasteiger partial charge in [0.25, 0.3) is 0 Å². The molecule has 2 aromatic rings. The van der Waals surface area contributed by atoms with Gasteiger partial charge in [0, 0.05) is 33.9 Å². The van der Waals surface area contributed by atoms with Crippen molar-refractivity contribution in [3.63, 3.8) is 0 Å². The molecule has 180 valence electrons. The SMILES string of the molecule is C=O.CC(NCc1ccc(OCCC(F)(F)F)nc1)c1ccnc(NCOCC2CC2)c1.[HH].[HH]. The topological polar surface area (TPSA) is 85.4 Å². The predicted molar refractivity (Wildman–Crippen MR) is 118 cm³/mol. The molecule has 1 fully saturated rings. The molecule has 1 saturated carbocycles. The maximum Gasteiger partial charge on any atom is 0.392 e. The predicted octanol–water partition coefficient (Wildman–Crippen LogP) is 4.76. The Morgan fingerprint density at radius 3 is 2.69 bits per heavy atom. The summed E-state index contributed by atoms with van der Waals surface area (Å²) < 4.78 is 47.1. The van der Waals surface area contributed by atoms with Crippen molar-refractivity contribution in [1.82, 2.24) is 15.3 Å². The van der Waals surface area contributed by atoms with Crippen molar-refractivity contribution in [1.29, 1.82) is 0 Å². The largest absolute Gasteiger partial charge is 0.477 e. The molecule has 0 aliphatic heterocycles. The summed E-state index contributed by atoms with van der Waals surface area (Å²) in [5, 5.41) is 6.57. The molecule has 1 atom stereocenters. The number of rotatable bonds is 12. The van der Waals surface area contributed by atoms with Gasteiger partial charge in [-0.2, -0.15) is 13.2 Å². The van der Waals surface area contributed by atoms with Crippen molar-refractivity contribution in [3.8, 4) is 5.88 Å². The van der Waals surface area contributed by atoms with Gasteiger partial charge in [0.15, 0.2) is 0 Å². The summed E-state index contributed by atoms with van der Waals surface area (Å²) in [5.41, 5.74) is 1.99.